The summed E-state index contributed by atoms with van der Waals surface area (Å²) in [4.78, 5) is 15.6. The fourth-order valence-electron chi connectivity index (χ4n) is 1.70. The number of nitrogens with zero attached hydrogens (tertiary/aromatic N) is 2. The number of aliphatic hydroxyl groups excluding tert-OH is 1. The van der Waals surface area contributed by atoms with E-state index in [9.17, 15) is 4.79 Å². The van der Waals surface area contributed by atoms with Gasteiger partial charge in [0.1, 0.15) is 0 Å². The number of terminal acetylenes is 1. The van der Waals surface area contributed by atoms with E-state index in [4.69, 9.17) is 11.5 Å². The zero-order valence-corrected chi connectivity index (χ0v) is 8.98. The van der Waals surface area contributed by atoms with Crippen LogP contribution in [0.25, 0.3) is 0 Å². The SMILES string of the molecule is C#CCCC(=O)N1CCN(CCO)CC1. The average Bonchev–Trinajstić information content (AvgIpc) is 2.27. The zero-order valence-electron chi connectivity index (χ0n) is 8.98. The van der Waals surface area contributed by atoms with Gasteiger partial charge in [-0.25, -0.2) is 0 Å². The molecule has 1 N–H and O–H groups in total. The molecule has 1 aliphatic heterocycles. The van der Waals surface area contributed by atoms with Crippen LogP contribution >= 0.6 is 0 Å². The third kappa shape index (κ3) is 3.90. The van der Waals surface area contributed by atoms with Crippen LogP contribution in [-0.2, 0) is 4.79 Å². The topological polar surface area (TPSA) is 43.8 Å². The van der Waals surface area contributed by atoms with Crippen LogP contribution in [0.3, 0.4) is 0 Å². The van der Waals surface area contributed by atoms with Crippen molar-refractivity contribution in [3.8, 4) is 12.3 Å². The molecule has 0 aromatic carbocycles. The smallest absolute Gasteiger partial charge is 0.223 e. The van der Waals surface area contributed by atoms with Gasteiger partial charge < -0.3 is 10.0 Å². The van der Waals surface area contributed by atoms with E-state index in [-0.39, 0.29) is 12.5 Å². The van der Waals surface area contributed by atoms with Crippen molar-refractivity contribution in [2.24, 2.45) is 0 Å². The first-order valence-corrected chi connectivity index (χ1v) is 5.32. The van der Waals surface area contributed by atoms with Gasteiger partial charge in [0.15, 0.2) is 0 Å². The number of carbonyl (C=O) groups is 1. The molecule has 1 fully saturated rings. The summed E-state index contributed by atoms with van der Waals surface area (Å²) in [5, 5.41) is 8.77. The van der Waals surface area contributed by atoms with Gasteiger partial charge in [-0.1, -0.05) is 0 Å². The van der Waals surface area contributed by atoms with E-state index >= 15 is 0 Å². The molecule has 15 heavy (non-hydrogen) atoms. The molecule has 0 bridgehead atoms. The van der Waals surface area contributed by atoms with Crippen LogP contribution in [0.1, 0.15) is 12.8 Å². The molecule has 0 atom stereocenters. The summed E-state index contributed by atoms with van der Waals surface area (Å²) in [6.07, 6.45) is 6.09. The second-order valence-electron chi connectivity index (χ2n) is 3.65. The van der Waals surface area contributed by atoms with E-state index in [0.29, 0.717) is 19.4 Å². The molecule has 0 aromatic heterocycles. The largest absolute Gasteiger partial charge is 0.395 e. The fourth-order valence-corrected chi connectivity index (χ4v) is 1.70. The maximum Gasteiger partial charge on any atom is 0.223 e. The van der Waals surface area contributed by atoms with Crippen LogP contribution in [0.4, 0.5) is 0 Å². The van der Waals surface area contributed by atoms with Crippen molar-refractivity contribution in [3.05, 3.63) is 0 Å². The van der Waals surface area contributed by atoms with E-state index in [1.165, 1.54) is 0 Å². The molecule has 0 radical (unpaired) electrons. The summed E-state index contributed by atoms with van der Waals surface area (Å²) in [6, 6.07) is 0. The van der Waals surface area contributed by atoms with Crippen molar-refractivity contribution < 1.29 is 9.90 Å². The molecule has 4 heteroatoms. The highest BCUT2D eigenvalue weighted by atomic mass is 16.3. The Balaban J connectivity index is 2.25. The Bertz CT molecular complexity index is 239. The first kappa shape index (κ1) is 12.0. The van der Waals surface area contributed by atoms with Crippen molar-refractivity contribution in [2.75, 3.05) is 39.3 Å². The Morgan fingerprint density at radius 1 is 1.33 bits per heavy atom. The second kappa shape index (κ2) is 6.44. The maximum atomic E-state index is 11.6. The fraction of sp³-hybridized carbons (Fsp3) is 0.727. The van der Waals surface area contributed by atoms with Crippen LogP contribution in [0, 0.1) is 12.3 Å². The highest BCUT2D eigenvalue weighted by Gasteiger charge is 2.19. The molecule has 84 valence electrons. The molecule has 0 spiro atoms. The number of carbonyl (C=O) groups excluding carboxylic acids is 1. The minimum absolute atomic E-state index is 0.150. The molecular weight excluding hydrogens is 192 g/mol. The molecule has 4 nitrogen and oxygen atoms in total. The number of β-amino-alcohol motifs (C(OH)–C–C–N with tert-alkyl or cyclic N) is 1. The summed E-state index contributed by atoms with van der Waals surface area (Å²) >= 11 is 0. The molecule has 0 aromatic rings. The molecule has 1 heterocycles. The normalized spacial score (nSPS) is 17.5. The van der Waals surface area contributed by atoms with Crippen molar-refractivity contribution in [1.82, 2.24) is 9.80 Å². The van der Waals surface area contributed by atoms with Gasteiger partial charge in [0.05, 0.1) is 6.61 Å². The average molecular weight is 210 g/mol. The van der Waals surface area contributed by atoms with E-state index in [0.717, 1.165) is 26.2 Å². The lowest BCUT2D eigenvalue weighted by Crippen LogP contribution is -2.49. The van der Waals surface area contributed by atoms with E-state index in [1.54, 1.807) is 0 Å². The number of rotatable bonds is 4. The zero-order chi connectivity index (χ0) is 11.1. The molecule has 1 aliphatic rings. The molecule has 0 unspecified atom stereocenters. The van der Waals surface area contributed by atoms with Gasteiger partial charge in [-0.15, -0.1) is 12.3 Å². The van der Waals surface area contributed by atoms with E-state index in [1.807, 2.05) is 4.90 Å². The minimum atomic E-state index is 0.150. The Morgan fingerprint density at radius 3 is 2.53 bits per heavy atom. The van der Waals surface area contributed by atoms with Gasteiger partial charge in [-0.3, -0.25) is 9.69 Å². The maximum absolute atomic E-state index is 11.6. The summed E-state index contributed by atoms with van der Waals surface area (Å²) in [6.45, 7) is 4.09. The lowest BCUT2D eigenvalue weighted by Gasteiger charge is -2.34. The summed E-state index contributed by atoms with van der Waals surface area (Å²) in [5.41, 5.74) is 0. The third-order valence-electron chi connectivity index (χ3n) is 2.62. The predicted molar refractivity (Wildman–Crippen MR) is 58.2 cm³/mol. The van der Waals surface area contributed by atoms with E-state index in [2.05, 4.69) is 10.8 Å². The van der Waals surface area contributed by atoms with Gasteiger partial charge in [0.2, 0.25) is 5.91 Å². The van der Waals surface area contributed by atoms with E-state index < -0.39 is 0 Å². The molecule has 1 amide bonds. The van der Waals surface area contributed by atoms with Gasteiger partial charge >= 0.3 is 0 Å². The van der Waals surface area contributed by atoms with Gasteiger partial charge in [-0.05, 0) is 0 Å². The quantitative estimate of drug-likeness (QED) is 0.638. The Labute approximate surface area is 90.9 Å². The van der Waals surface area contributed by atoms with Gasteiger partial charge in [0, 0.05) is 45.6 Å². The summed E-state index contributed by atoms with van der Waals surface area (Å²) in [5.74, 6) is 2.63. The van der Waals surface area contributed by atoms with Gasteiger partial charge in [0.25, 0.3) is 0 Å². The summed E-state index contributed by atoms with van der Waals surface area (Å²) < 4.78 is 0. The monoisotopic (exact) mass is 210 g/mol. The van der Waals surface area contributed by atoms with Gasteiger partial charge in [-0.2, -0.15) is 0 Å². The van der Waals surface area contributed by atoms with Crippen LogP contribution in [0.15, 0.2) is 0 Å². The van der Waals surface area contributed by atoms with Crippen molar-refractivity contribution >= 4 is 5.91 Å². The van der Waals surface area contributed by atoms with Crippen LogP contribution < -0.4 is 0 Å². The number of hydrogen-bond donors (Lipinski definition) is 1. The minimum Gasteiger partial charge on any atom is -0.395 e. The third-order valence-corrected chi connectivity index (χ3v) is 2.62. The highest BCUT2D eigenvalue weighted by molar-refractivity contribution is 5.76. The Morgan fingerprint density at radius 2 is 2.00 bits per heavy atom. The molecule has 0 saturated carbocycles. The molecular formula is C11H18N2O2. The lowest BCUT2D eigenvalue weighted by molar-refractivity contribution is -0.132. The van der Waals surface area contributed by atoms with Crippen LogP contribution in [0.2, 0.25) is 0 Å². The summed E-state index contributed by atoms with van der Waals surface area (Å²) in [7, 11) is 0. The Kier molecular flexibility index (Phi) is 5.16. The van der Waals surface area contributed by atoms with Crippen LogP contribution in [0.5, 0.6) is 0 Å². The highest BCUT2D eigenvalue weighted by Crippen LogP contribution is 2.04. The van der Waals surface area contributed by atoms with Crippen molar-refractivity contribution in [2.45, 2.75) is 12.8 Å². The number of amides is 1. The van der Waals surface area contributed by atoms with Crippen LogP contribution in [-0.4, -0.2) is 60.1 Å². The molecule has 1 saturated heterocycles. The Hall–Kier alpha value is -1.05. The predicted octanol–water partition coefficient (Wildman–Crippen LogP) is -0.464. The molecule has 0 aliphatic carbocycles. The lowest BCUT2D eigenvalue weighted by atomic mass is 10.2. The second-order valence-corrected chi connectivity index (χ2v) is 3.65. The number of piperazine rings is 1. The first-order valence-electron chi connectivity index (χ1n) is 5.32. The standard InChI is InChI=1S/C11H18N2O2/c1-2-3-4-11(15)13-7-5-12(6-8-13)9-10-14/h1,14H,3-10H2. The van der Waals surface area contributed by atoms with Crippen molar-refractivity contribution in [1.29, 1.82) is 0 Å². The number of aliphatic hydroxyl groups is 1. The number of hydrogen-bond acceptors (Lipinski definition) is 3. The van der Waals surface area contributed by atoms with Crippen molar-refractivity contribution in [3.63, 3.8) is 0 Å². The first-order chi connectivity index (χ1) is 7.27. The molecule has 1 rings (SSSR count).